The number of benzene rings is 2. The first-order valence-electron chi connectivity index (χ1n) is 19.3. The molecule has 2 aromatic carbocycles. The highest BCUT2D eigenvalue weighted by Crippen LogP contribution is 2.27. The number of carbonyl (C=O) groups excluding carboxylic acids is 5. The number of anilines is 1. The zero-order chi connectivity index (χ0) is 39.5. The number of piperidine rings is 2. The number of nitrogens with one attached hydrogen (secondary N) is 1. The number of fused-ring (bicyclic) bond motifs is 1. The van der Waals surface area contributed by atoms with E-state index in [1.165, 1.54) is 19.8 Å². The lowest BCUT2D eigenvalue weighted by Gasteiger charge is -2.43. The molecule has 300 valence electrons. The summed E-state index contributed by atoms with van der Waals surface area (Å²) in [6.07, 6.45) is 4.97. The molecule has 2 N–H and O–H groups in total. The molecule has 15 heteroatoms. The molecule has 0 bridgehead atoms. The number of methoxy groups -OCH3 is 2. The van der Waals surface area contributed by atoms with Crippen LogP contribution in [0, 0.1) is 5.92 Å². The number of nitrogens with zero attached hydrogens (tertiary/aromatic N) is 5. The number of hydrogen-bond acceptors (Lipinski definition) is 9. The van der Waals surface area contributed by atoms with Crippen molar-refractivity contribution in [1.29, 1.82) is 0 Å². The maximum atomic E-state index is 13.0. The number of likely N-dealkylation sites (tertiary alicyclic amines) is 2. The van der Waals surface area contributed by atoms with Crippen LogP contribution in [0.1, 0.15) is 56.6 Å². The summed E-state index contributed by atoms with van der Waals surface area (Å²) in [6.45, 7) is 8.51. The number of halogens is 1. The molecule has 14 nitrogen and oxygen atoms in total. The number of phenolic OH excluding ortho intramolecular Hbond substituents is 1. The molecule has 4 aliphatic rings. The van der Waals surface area contributed by atoms with Gasteiger partial charge in [0.15, 0.2) is 0 Å². The molecule has 5 amide bonds. The molecule has 0 unspecified atom stereocenters. The minimum Gasteiger partial charge on any atom is -0.507 e. The highest BCUT2D eigenvalue weighted by atomic mass is 79.9. The molecule has 0 saturated carbocycles. The van der Waals surface area contributed by atoms with Crippen LogP contribution in [0.3, 0.4) is 0 Å². The molecule has 55 heavy (non-hydrogen) atoms. The van der Waals surface area contributed by atoms with E-state index in [-0.39, 0.29) is 60.5 Å². The second-order valence-electron chi connectivity index (χ2n) is 14.7. The van der Waals surface area contributed by atoms with E-state index in [1.807, 2.05) is 52.0 Å². The Kier molecular flexibility index (Phi) is 15.2. The molecular weight excluding hydrogens is 772 g/mol. The summed E-state index contributed by atoms with van der Waals surface area (Å²) in [5, 5.41) is 12.7. The van der Waals surface area contributed by atoms with Crippen LogP contribution in [0.15, 0.2) is 46.9 Å². The third-order valence-electron chi connectivity index (χ3n) is 11.2. The number of phenols is 1. The maximum Gasteiger partial charge on any atom is 0.409 e. The zero-order valence-electron chi connectivity index (χ0n) is 32.2. The lowest BCUT2D eigenvalue weighted by Crippen LogP contribution is -2.55. The number of esters is 1. The fraction of sp³-hybridized carbons (Fsp3) is 0.575. The van der Waals surface area contributed by atoms with E-state index in [1.54, 1.807) is 11.0 Å². The van der Waals surface area contributed by atoms with E-state index in [0.29, 0.717) is 49.7 Å². The van der Waals surface area contributed by atoms with E-state index < -0.39 is 0 Å². The number of hydrogen-bond donors (Lipinski definition) is 2. The topological polar surface area (TPSA) is 152 Å². The van der Waals surface area contributed by atoms with Gasteiger partial charge in [-0.25, -0.2) is 9.59 Å². The Morgan fingerprint density at radius 1 is 0.818 bits per heavy atom. The van der Waals surface area contributed by atoms with Crippen LogP contribution in [0.25, 0.3) is 0 Å². The first kappa shape index (κ1) is 41.8. The molecule has 3 saturated heterocycles. The minimum atomic E-state index is -0.351. The fourth-order valence-electron chi connectivity index (χ4n) is 7.91. The van der Waals surface area contributed by atoms with Crippen molar-refractivity contribution < 1.29 is 38.6 Å². The van der Waals surface area contributed by atoms with Crippen molar-refractivity contribution in [2.24, 2.45) is 5.92 Å². The Balaban J connectivity index is 0.000000228. The largest absolute Gasteiger partial charge is 0.507 e. The molecule has 1 atom stereocenters. The monoisotopic (exact) mass is 826 g/mol. The summed E-state index contributed by atoms with van der Waals surface area (Å²) < 4.78 is 10.00. The third-order valence-corrected chi connectivity index (χ3v) is 11.8. The number of piperazine rings is 1. The predicted molar refractivity (Wildman–Crippen MR) is 211 cm³/mol. The van der Waals surface area contributed by atoms with Gasteiger partial charge in [-0.15, -0.1) is 0 Å². The number of rotatable bonds is 8. The van der Waals surface area contributed by atoms with E-state index in [9.17, 15) is 29.1 Å². The summed E-state index contributed by atoms with van der Waals surface area (Å²) in [5.41, 5.74) is 3.10. The third kappa shape index (κ3) is 11.3. The first-order valence-corrected chi connectivity index (χ1v) is 20.1. The van der Waals surface area contributed by atoms with Crippen molar-refractivity contribution in [3.63, 3.8) is 0 Å². The average molecular weight is 828 g/mol. The number of ether oxygens (including phenoxy) is 2. The van der Waals surface area contributed by atoms with Crippen LogP contribution >= 0.6 is 15.9 Å². The van der Waals surface area contributed by atoms with Crippen LogP contribution in [-0.4, -0.2) is 145 Å². The molecule has 4 aliphatic heterocycles. The number of urea groups is 1. The molecule has 3 fully saturated rings. The van der Waals surface area contributed by atoms with Gasteiger partial charge in [0.2, 0.25) is 11.8 Å². The number of amides is 5. The Hall–Kier alpha value is -4.37. The Bertz CT molecular complexity index is 1650. The van der Waals surface area contributed by atoms with Gasteiger partial charge in [-0.2, -0.15) is 0 Å². The smallest absolute Gasteiger partial charge is 0.409 e. The maximum absolute atomic E-state index is 13.0. The van der Waals surface area contributed by atoms with Gasteiger partial charge in [-0.1, -0.05) is 31.2 Å². The Morgan fingerprint density at radius 2 is 1.47 bits per heavy atom. The molecule has 4 heterocycles. The van der Waals surface area contributed by atoms with Crippen molar-refractivity contribution in [3.8, 4) is 5.75 Å². The van der Waals surface area contributed by atoms with E-state index in [2.05, 4.69) is 36.9 Å². The summed E-state index contributed by atoms with van der Waals surface area (Å²) >= 11 is 3.33. The lowest BCUT2D eigenvalue weighted by atomic mass is 9.98. The number of para-hydroxylation sites is 1. The SMILES string of the molecule is COC(=O)CCC(=O)N1CCC(N2CCN(C(=O)[C@H](C)Cc3ccc(O)c(Br)c3)CC2)CC1.COC(=O)N1CCC(N2CCc3ccccc3NC2=O)CC1. The molecular formula is C40H55BrN6O8. The van der Waals surface area contributed by atoms with E-state index in [0.717, 1.165) is 69.5 Å². The second-order valence-corrected chi connectivity index (χ2v) is 15.5. The van der Waals surface area contributed by atoms with E-state index in [4.69, 9.17) is 4.74 Å². The fourth-order valence-corrected chi connectivity index (χ4v) is 8.34. The zero-order valence-corrected chi connectivity index (χ0v) is 33.8. The Labute approximate surface area is 332 Å². The van der Waals surface area contributed by atoms with Crippen molar-refractivity contribution in [1.82, 2.24) is 24.5 Å². The van der Waals surface area contributed by atoms with E-state index >= 15 is 0 Å². The predicted octanol–water partition coefficient (Wildman–Crippen LogP) is 4.73. The highest BCUT2D eigenvalue weighted by Gasteiger charge is 2.33. The summed E-state index contributed by atoms with van der Waals surface area (Å²) in [4.78, 5) is 70.4. The summed E-state index contributed by atoms with van der Waals surface area (Å²) in [5.74, 6) is -0.0813. The van der Waals surface area contributed by atoms with Crippen LogP contribution in [-0.2, 0) is 36.7 Å². The molecule has 0 spiro atoms. The van der Waals surface area contributed by atoms with Gasteiger partial charge in [0.1, 0.15) is 5.75 Å². The summed E-state index contributed by atoms with van der Waals surface area (Å²) in [6, 6.07) is 13.9. The van der Waals surface area contributed by atoms with Crippen molar-refractivity contribution in [2.75, 3.05) is 78.4 Å². The molecule has 0 aliphatic carbocycles. The minimum absolute atomic E-state index is 0.0175. The number of carbonyl (C=O) groups is 5. The van der Waals surface area contributed by atoms with Crippen molar-refractivity contribution in [3.05, 3.63) is 58.1 Å². The summed E-state index contributed by atoms with van der Waals surface area (Å²) in [7, 11) is 2.73. The Morgan fingerprint density at radius 3 is 2.13 bits per heavy atom. The second kappa shape index (κ2) is 20.0. The van der Waals surface area contributed by atoms with Gasteiger partial charge < -0.3 is 39.5 Å². The molecule has 0 radical (unpaired) electrons. The van der Waals surface area contributed by atoms with Gasteiger partial charge in [-0.05, 0) is 83.8 Å². The normalized spacial score (nSPS) is 18.9. The number of aromatic hydroxyl groups is 1. The van der Waals surface area contributed by atoms with Crippen LogP contribution in [0.2, 0.25) is 0 Å². The molecule has 2 aromatic rings. The molecule has 6 rings (SSSR count). The van der Waals surface area contributed by atoms with Gasteiger partial charge in [0.05, 0.1) is 25.1 Å². The van der Waals surface area contributed by atoms with Crippen LogP contribution < -0.4 is 5.32 Å². The standard InChI is InChI=1S/C24H34BrN3O5.C16H21N3O3/c1-17(15-18-3-4-21(29)20(25)16-18)24(32)28-13-11-26(12-14-28)19-7-9-27(10-8-19)22(30)5-6-23(31)33-2;1-22-16(21)18-9-7-13(8-10-18)19-11-6-12-4-2-3-5-14(12)17-15(19)20/h3-4,16-17,19,29H,5-15H2,1-2H3;2-5,13H,6-11H2,1H3,(H,17,20)/t17-;/m1./s1. The van der Waals surface area contributed by atoms with Crippen LogP contribution in [0.5, 0.6) is 5.75 Å². The first-order chi connectivity index (χ1) is 26.5. The molecule has 0 aromatic heterocycles. The van der Waals surface area contributed by atoms with Crippen molar-refractivity contribution in [2.45, 2.75) is 70.4 Å². The van der Waals surface area contributed by atoms with Gasteiger partial charge in [0, 0.05) is 89.0 Å². The van der Waals surface area contributed by atoms with Gasteiger partial charge in [0.25, 0.3) is 0 Å². The average Bonchev–Trinajstić information content (AvgIpc) is 3.38. The highest BCUT2D eigenvalue weighted by molar-refractivity contribution is 9.10. The lowest BCUT2D eigenvalue weighted by molar-refractivity contribution is -0.144. The quantitative estimate of drug-likeness (QED) is 0.360. The van der Waals surface area contributed by atoms with Gasteiger partial charge >= 0.3 is 18.1 Å². The van der Waals surface area contributed by atoms with Crippen molar-refractivity contribution >= 4 is 51.5 Å². The van der Waals surface area contributed by atoms with Gasteiger partial charge in [-0.3, -0.25) is 19.3 Å². The van der Waals surface area contributed by atoms with Crippen LogP contribution in [0.4, 0.5) is 15.3 Å².